The van der Waals surface area contributed by atoms with Gasteiger partial charge in [0.25, 0.3) is 0 Å². The zero-order chi connectivity index (χ0) is 12.1. The van der Waals surface area contributed by atoms with Crippen molar-refractivity contribution in [2.24, 2.45) is 0 Å². The molecule has 0 aliphatic rings. The lowest BCUT2D eigenvalue weighted by Gasteiger charge is -1.98. The number of amides is 1. The van der Waals surface area contributed by atoms with Gasteiger partial charge in [-0.05, 0) is 28.1 Å². The molecule has 0 atom stereocenters. The van der Waals surface area contributed by atoms with Gasteiger partial charge < -0.3 is 10.1 Å². The van der Waals surface area contributed by atoms with E-state index in [2.05, 4.69) is 26.0 Å². The van der Waals surface area contributed by atoms with Gasteiger partial charge in [0.1, 0.15) is 5.00 Å². The molecule has 1 aromatic rings. The highest BCUT2D eigenvalue weighted by Gasteiger charge is 2.07. The number of anilines is 1. The lowest BCUT2D eigenvalue weighted by Crippen LogP contribution is -2.04. The molecule has 86 valence electrons. The maximum atomic E-state index is 10.9. The molecule has 6 heteroatoms. The third-order valence-electron chi connectivity index (χ3n) is 1.62. The third kappa shape index (κ3) is 3.79. The van der Waals surface area contributed by atoms with Crippen LogP contribution in [-0.4, -0.2) is 19.0 Å². The van der Waals surface area contributed by atoms with E-state index in [4.69, 9.17) is 0 Å². The van der Waals surface area contributed by atoms with Crippen LogP contribution in [0.4, 0.5) is 5.00 Å². The Bertz CT molecular complexity index is 439. The summed E-state index contributed by atoms with van der Waals surface area (Å²) >= 11 is 4.70. The van der Waals surface area contributed by atoms with Crippen LogP contribution in [0.1, 0.15) is 12.5 Å². The molecule has 1 N–H and O–H groups in total. The molecular formula is C10H10BrNO3S. The quantitative estimate of drug-likeness (QED) is 0.690. The fourth-order valence-corrected chi connectivity index (χ4v) is 2.53. The lowest BCUT2D eigenvalue weighted by atomic mass is 10.3. The maximum absolute atomic E-state index is 10.9. The number of hydrogen-bond acceptors (Lipinski definition) is 4. The molecule has 0 saturated heterocycles. The monoisotopic (exact) mass is 303 g/mol. The Hall–Kier alpha value is -1.14. The molecule has 16 heavy (non-hydrogen) atoms. The van der Waals surface area contributed by atoms with Crippen LogP contribution in [0.15, 0.2) is 15.9 Å². The molecule has 4 nitrogen and oxygen atoms in total. The van der Waals surface area contributed by atoms with Gasteiger partial charge in [0.2, 0.25) is 5.91 Å². The standard InChI is InChI=1S/C10H10BrNO3S/c1-6(13)12-10-7(5-8(11)16-10)3-4-9(14)15-2/h3-5H,1-2H3,(H,12,13)/b4-3+. The normalized spacial score (nSPS) is 10.4. The van der Waals surface area contributed by atoms with Crippen molar-refractivity contribution in [3.8, 4) is 0 Å². The van der Waals surface area contributed by atoms with E-state index < -0.39 is 5.97 Å². The van der Waals surface area contributed by atoms with Crippen LogP contribution in [0.3, 0.4) is 0 Å². The molecule has 0 aliphatic heterocycles. The highest BCUT2D eigenvalue weighted by Crippen LogP contribution is 2.32. The minimum Gasteiger partial charge on any atom is -0.466 e. The molecule has 1 amide bonds. The summed E-state index contributed by atoms with van der Waals surface area (Å²) in [6, 6.07) is 1.81. The highest BCUT2D eigenvalue weighted by atomic mass is 79.9. The number of carbonyl (C=O) groups is 2. The maximum Gasteiger partial charge on any atom is 0.330 e. The van der Waals surface area contributed by atoms with E-state index >= 15 is 0 Å². The van der Waals surface area contributed by atoms with Crippen LogP contribution in [0.5, 0.6) is 0 Å². The number of esters is 1. The fraction of sp³-hybridized carbons (Fsp3) is 0.200. The van der Waals surface area contributed by atoms with E-state index in [1.54, 1.807) is 6.08 Å². The van der Waals surface area contributed by atoms with Gasteiger partial charge in [-0.3, -0.25) is 4.79 Å². The van der Waals surface area contributed by atoms with E-state index in [-0.39, 0.29) is 5.91 Å². The summed E-state index contributed by atoms with van der Waals surface area (Å²) in [4.78, 5) is 21.9. The van der Waals surface area contributed by atoms with Gasteiger partial charge in [0.15, 0.2) is 0 Å². The molecule has 0 bridgehead atoms. The number of nitrogens with one attached hydrogen (secondary N) is 1. The zero-order valence-electron chi connectivity index (χ0n) is 8.74. The molecule has 0 radical (unpaired) electrons. The summed E-state index contributed by atoms with van der Waals surface area (Å²) in [5.74, 6) is -0.585. The number of ether oxygens (including phenoxy) is 1. The largest absolute Gasteiger partial charge is 0.466 e. The van der Waals surface area contributed by atoms with E-state index in [9.17, 15) is 9.59 Å². The van der Waals surface area contributed by atoms with Crippen molar-refractivity contribution < 1.29 is 14.3 Å². The van der Waals surface area contributed by atoms with E-state index in [0.29, 0.717) is 5.00 Å². The van der Waals surface area contributed by atoms with Crippen molar-refractivity contribution in [1.29, 1.82) is 0 Å². The average Bonchev–Trinajstić information content (AvgIpc) is 2.54. The Morgan fingerprint density at radius 2 is 2.25 bits per heavy atom. The summed E-state index contributed by atoms with van der Waals surface area (Å²) in [5, 5.41) is 3.38. The first kappa shape index (κ1) is 12.9. The van der Waals surface area contributed by atoms with Crippen molar-refractivity contribution in [1.82, 2.24) is 0 Å². The Balaban J connectivity index is 2.90. The number of carbonyl (C=O) groups excluding carboxylic acids is 2. The van der Waals surface area contributed by atoms with Crippen LogP contribution >= 0.6 is 27.3 Å². The first-order valence-corrected chi connectivity index (χ1v) is 5.97. The minimum atomic E-state index is -0.434. The second-order valence-corrected chi connectivity index (χ2v) is 5.30. The van der Waals surface area contributed by atoms with Crippen molar-refractivity contribution in [2.75, 3.05) is 12.4 Å². The van der Waals surface area contributed by atoms with E-state index in [0.717, 1.165) is 9.35 Å². The van der Waals surface area contributed by atoms with Crippen molar-refractivity contribution >= 4 is 50.2 Å². The zero-order valence-corrected chi connectivity index (χ0v) is 11.1. The third-order valence-corrected chi connectivity index (χ3v) is 3.19. The minimum absolute atomic E-state index is 0.151. The first-order chi connectivity index (χ1) is 7.52. The number of rotatable bonds is 3. The van der Waals surface area contributed by atoms with Crippen molar-refractivity contribution in [2.45, 2.75) is 6.92 Å². The average molecular weight is 304 g/mol. The molecule has 0 fully saturated rings. The summed E-state index contributed by atoms with van der Waals surface area (Å²) in [5.41, 5.74) is 0.762. The number of thiophene rings is 1. The molecule has 1 aromatic heterocycles. The van der Waals surface area contributed by atoms with Gasteiger partial charge in [-0.25, -0.2) is 4.79 Å². The molecule has 0 spiro atoms. The molecule has 1 heterocycles. The predicted octanol–water partition coefficient (Wildman–Crippen LogP) is 2.66. The van der Waals surface area contributed by atoms with Crippen LogP contribution in [0.2, 0.25) is 0 Å². The van der Waals surface area contributed by atoms with Crippen molar-refractivity contribution in [3.63, 3.8) is 0 Å². The first-order valence-electron chi connectivity index (χ1n) is 4.36. The molecule has 1 rings (SSSR count). The Labute approximate surface area is 105 Å². The number of methoxy groups -OCH3 is 1. The van der Waals surface area contributed by atoms with E-state index in [1.807, 2.05) is 6.07 Å². The molecule has 0 aliphatic carbocycles. The van der Waals surface area contributed by atoms with Crippen LogP contribution in [0, 0.1) is 0 Å². The smallest absolute Gasteiger partial charge is 0.330 e. The van der Waals surface area contributed by atoms with Crippen LogP contribution in [-0.2, 0) is 14.3 Å². The van der Waals surface area contributed by atoms with Crippen LogP contribution < -0.4 is 5.32 Å². The Morgan fingerprint density at radius 1 is 1.56 bits per heavy atom. The van der Waals surface area contributed by atoms with Crippen molar-refractivity contribution in [3.05, 3.63) is 21.5 Å². The SMILES string of the molecule is COC(=O)/C=C/c1cc(Br)sc1NC(C)=O. The number of hydrogen-bond donors (Lipinski definition) is 1. The molecule has 0 aromatic carbocycles. The summed E-state index contributed by atoms with van der Waals surface area (Å²) in [7, 11) is 1.31. The Morgan fingerprint density at radius 3 is 2.81 bits per heavy atom. The molecular weight excluding hydrogens is 294 g/mol. The van der Waals surface area contributed by atoms with Gasteiger partial charge in [-0.2, -0.15) is 0 Å². The fourth-order valence-electron chi connectivity index (χ4n) is 0.981. The molecule has 0 unspecified atom stereocenters. The number of halogens is 1. The summed E-state index contributed by atoms with van der Waals surface area (Å²) < 4.78 is 5.35. The topological polar surface area (TPSA) is 55.4 Å². The Kier molecular flexibility index (Phi) is 4.70. The summed E-state index contributed by atoms with van der Waals surface area (Å²) in [6.07, 6.45) is 2.90. The summed E-state index contributed by atoms with van der Waals surface area (Å²) in [6.45, 7) is 1.43. The van der Waals surface area contributed by atoms with Gasteiger partial charge in [-0.1, -0.05) is 0 Å². The van der Waals surface area contributed by atoms with Gasteiger partial charge >= 0.3 is 5.97 Å². The predicted molar refractivity (Wildman–Crippen MR) is 67.4 cm³/mol. The highest BCUT2D eigenvalue weighted by molar-refractivity contribution is 9.11. The lowest BCUT2D eigenvalue weighted by molar-refractivity contribution is -0.134. The van der Waals surface area contributed by atoms with Gasteiger partial charge in [0.05, 0.1) is 10.9 Å². The van der Waals surface area contributed by atoms with Gasteiger partial charge in [0, 0.05) is 18.6 Å². The molecule has 0 saturated carbocycles. The second-order valence-electron chi connectivity index (χ2n) is 2.87. The van der Waals surface area contributed by atoms with Crippen LogP contribution in [0.25, 0.3) is 6.08 Å². The van der Waals surface area contributed by atoms with E-state index in [1.165, 1.54) is 31.4 Å². The second kappa shape index (κ2) is 5.81. The van der Waals surface area contributed by atoms with Gasteiger partial charge in [-0.15, -0.1) is 11.3 Å².